The predicted molar refractivity (Wildman–Crippen MR) is 68.7 cm³/mol. The molecule has 1 aliphatic carbocycles. The molecule has 0 unspecified atom stereocenters. The molecule has 2 nitrogen and oxygen atoms in total. The molecule has 0 spiro atoms. The van der Waals surface area contributed by atoms with Gasteiger partial charge in [-0.25, -0.2) is 13.2 Å². The van der Waals surface area contributed by atoms with Crippen molar-refractivity contribution < 1.29 is 18.0 Å². The van der Waals surface area contributed by atoms with E-state index in [4.69, 9.17) is 0 Å². The Morgan fingerprint density at radius 3 is 2.58 bits per heavy atom. The Hall–Kier alpha value is -1.17. The van der Waals surface area contributed by atoms with Gasteiger partial charge in [-0.05, 0) is 37.7 Å². The topological polar surface area (TPSA) is 29.1 Å². The number of benzene rings is 1. The fourth-order valence-corrected chi connectivity index (χ4v) is 3.07. The summed E-state index contributed by atoms with van der Waals surface area (Å²) in [6.45, 7) is 0. The lowest BCUT2D eigenvalue weighted by Crippen LogP contribution is -2.34. The van der Waals surface area contributed by atoms with E-state index in [9.17, 15) is 18.0 Å². The van der Waals surface area contributed by atoms with Crippen molar-refractivity contribution in [1.29, 1.82) is 0 Å². The number of carbonyl (C=O) groups excluding carboxylic acids is 1. The molecule has 6 heteroatoms. The standard InChI is InChI=1S/C13H14F3NOS/c1-19-8-3-2-7(6-8)17-13(18)11-9(14)4-5-10(15)12(11)16/h4-5,7-8H,2-3,6H2,1H3,(H,17,18)/t7-,8-/m1/s1. The van der Waals surface area contributed by atoms with Crippen LogP contribution in [-0.4, -0.2) is 23.5 Å². The van der Waals surface area contributed by atoms with Crippen molar-refractivity contribution in [1.82, 2.24) is 5.32 Å². The highest BCUT2D eigenvalue weighted by molar-refractivity contribution is 7.99. The first-order chi connectivity index (χ1) is 9.02. The molecule has 1 amide bonds. The molecule has 1 aliphatic rings. The summed E-state index contributed by atoms with van der Waals surface area (Å²) in [5.74, 6) is -4.59. The van der Waals surface area contributed by atoms with Crippen LogP contribution in [0.3, 0.4) is 0 Å². The van der Waals surface area contributed by atoms with Crippen molar-refractivity contribution >= 4 is 17.7 Å². The zero-order chi connectivity index (χ0) is 14.0. The fourth-order valence-electron chi connectivity index (χ4n) is 2.28. The molecule has 1 aromatic carbocycles. The lowest BCUT2D eigenvalue weighted by atomic mass is 10.1. The Balaban J connectivity index is 2.11. The predicted octanol–water partition coefficient (Wildman–Crippen LogP) is 3.12. The van der Waals surface area contributed by atoms with Gasteiger partial charge in [-0.1, -0.05) is 0 Å². The molecule has 1 N–H and O–H groups in total. The third-order valence-corrected chi connectivity index (χ3v) is 4.42. The molecular weight excluding hydrogens is 275 g/mol. The van der Waals surface area contributed by atoms with Gasteiger partial charge in [0.05, 0.1) is 0 Å². The zero-order valence-electron chi connectivity index (χ0n) is 10.4. The average molecular weight is 289 g/mol. The van der Waals surface area contributed by atoms with Gasteiger partial charge in [-0.2, -0.15) is 11.8 Å². The Morgan fingerprint density at radius 2 is 1.95 bits per heavy atom. The molecule has 104 valence electrons. The maximum atomic E-state index is 13.4. The summed E-state index contributed by atoms with van der Waals surface area (Å²) in [5.41, 5.74) is -0.840. The first-order valence-corrected chi connectivity index (χ1v) is 7.29. The van der Waals surface area contributed by atoms with Crippen LogP contribution in [0.1, 0.15) is 29.6 Å². The van der Waals surface area contributed by atoms with E-state index in [2.05, 4.69) is 5.32 Å². The molecule has 0 aliphatic heterocycles. The van der Waals surface area contributed by atoms with E-state index in [0.717, 1.165) is 25.3 Å². The quantitative estimate of drug-likeness (QED) is 0.866. The Bertz CT molecular complexity index is 495. The van der Waals surface area contributed by atoms with Gasteiger partial charge in [0.25, 0.3) is 5.91 Å². The highest BCUT2D eigenvalue weighted by Gasteiger charge is 2.28. The molecule has 1 fully saturated rings. The van der Waals surface area contributed by atoms with Crippen molar-refractivity contribution in [3.8, 4) is 0 Å². The minimum Gasteiger partial charge on any atom is -0.349 e. The van der Waals surface area contributed by atoms with Gasteiger partial charge in [-0.15, -0.1) is 0 Å². The highest BCUT2D eigenvalue weighted by Crippen LogP contribution is 2.28. The first kappa shape index (κ1) is 14.2. The van der Waals surface area contributed by atoms with Crippen molar-refractivity contribution in [2.75, 3.05) is 6.26 Å². The van der Waals surface area contributed by atoms with Crippen molar-refractivity contribution in [3.05, 3.63) is 35.1 Å². The maximum Gasteiger partial charge on any atom is 0.257 e. The summed E-state index contributed by atoms with van der Waals surface area (Å²) in [6, 6.07) is 1.32. The number of hydrogen-bond donors (Lipinski definition) is 1. The Kier molecular flexibility index (Phi) is 4.39. The fraction of sp³-hybridized carbons (Fsp3) is 0.462. The summed E-state index contributed by atoms with van der Waals surface area (Å²) in [5, 5.41) is 3.02. The van der Waals surface area contributed by atoms with E-state index in [0.29, 0.717) is 11.3 Å². The number of carbonyl (C=O) groups is 1. The normalized spacial score (nSPS) is 22.5. The summed E-state index contributed by atoms with van der Waals surface area (Å²) in [6.07, 6.45) is 4.49. The van der Waals surface area contributed by atoms with Crippen LogP contribution >= 0.6 is 11.8 Å². The number of thioether (sulfide) groups is 1. The minimum absolute atomic E-state index is 0.105. The van der Waals surface area contributed by atoms with E-state index >= 15 is 0 Å². The van der Waals surface area contributed by atoms with Crippen LogP contribution in [0.5, 0.6) is 0 Å². The van der Waals surface area contributed by atoms with Gasteiger partial charge in [0, 0.05) is 11.3 Å². The smallest absolute Gasteiger partial charge is 0.257 e. The van der Waals surface area contributed by atoms with Crippen LogP contribution in [0.25, 0.3) is 0 Å². The van der Waals surface area contributed by atoms with Gasteiger partial charge < -0.3 is 5.32 Å². The SMILES string of the molecule is CS[C@@H]1CC[C@@H](NC(=O)c2c(F)ccc(F)c2F)C1. The van der Waals surface area contributed by atoms with Crippen LogP contribution in [0.4, 0.5) is 13.2 Å². The number of halogens is 3. The molecule has 0 saturated heterocycles. The van der Waals surface area contributed by atoms with Crippen LogP contribution in [0.15, 0.2) is 12.1 Å². The van der Waals surface area contributed by atoms with Crippen molar-refractivity contribution in [2.24, 2.45) is 0 Å². The van der Waals surface area contributed by atoms with Crippen molar-refractivity contribution in [3.63, 3.8) is 0 Å². The summed E-state index contributed by atoms with van der Waals surface area (Å²) in [4.78, 5) is 11.8. The molecule has 2 atom stereocenters. The van der Waals surface area contributed by atoms with Crippen LogP contribution in [0.2, 0.25) is 0 Å². The van der Waals surface area contributed by atoms with Crippen LogP contribution < -0.4 is 5.32 Å². The van der Waals surface area contributed by atoms with Gasteiger partial charge >= 0.3 is 0 Å². The third kappa shape index (κ3) is 3.05. The molecule has 0 heterocycles. The first-order valence-electron chi connectivity index (χ1n) is 6.00. The molecule has 19 heavy (non-hydrogen) atoms. The Labute approximate surface area is 113 Å². The van der Waals surface area contributed by atoms with Gasteiger partial charge in [0.1, 0.15) is 11.4 Å². The summed E-state index contributed by atoms with van der Waals surface area (Å²) < 4.78 is 39.9. The molecule has 0 radical (unpaired) electrons. The summed E-state index contributed by atoms with van der Waals surface area (Å²) >= 11 is 1.71. The van der Waals surface area contributed by atoms with Gasteiger partial charge in [0.15, 0.2) is 11.6 Å². The maximum absolute atomic E-state index is 13.4. The van der Waals surface area contributed by atoms with Gasteiger partial charge in [0.2, 0.25) is 0 Å². The second kappa shape index (κ2) is 5.86. The molecule has 1 aromatic rings. The van der Waals surface area contributed by atoms with Crippen molar-refractivity contribution in [2.45, 2.75) is 30.6 Å². The Morgan fingerprint density at radius 1 is 1.26 bits per heavy atom. The summed E-state index contributed by atoms with van der Waals surface area (Å²) in [7, 11) is 0. The molecule has 2 rings (SSSR count). The minimum atomic E-state index is -1.43. The average Bonchev–Trinajstić information content (AvgIpc) is 2.82. The monoisotopic (exact) mass is 289 g/mol. The number of rotatable bonds is 3. The number of nitrogens with one attached hydrogen (secondary N) is 1. The second-order valence-electron chi connectivity index (χ2n) is 4.56. The largest absolute Gasteiger partial charge is 0.349 e. The van der Waals surface area contributed by atoms with E-state index in [-0.39, 0.29) is 6.04 Å². The van der Waals surface area contributed by atoms with Crippen LogP contribution in [0, 0.1) is 17.5 Å². The molecule has 0 aromatic heterocycles. The zero-order valence-corrected chi connectivity index (χ0v) is 11.2. The van der Waals surface area contributed by atoms with E-state index < -0.39 is 28.9 Å². The van der Waals surface area contributed by atoms with E-state index in [1.54, 1.807) is 11.8 Å². The highest BCUT2D eigenvalue weighted by atomic mass is 32.2. The number of amides is 1. The molecular formula is C13H14F3NOS. The lowest BCUT2D eigenvalue weighted by molar-refractivity contribution is 0.0928. The second-order valence-corrected chi connectivity index (χ2v) is 5.70. The number of hydrogen-bond acceptors (Lipinski definition) is 2. The third-order valence-electron chi connectivity index (χ3n) is 3.32. The molecule has 0 bridgehead atoms. The van der Waals surface area contributed by atoms with E-state index in [1.807, 2.05) is 6.26 Å². The van der Waals surface area contributed by atoms with Crippen LogP contribution in [-0.2, 0) is 0 Å². The molecule has 1 saturated carbocycles. The van der Waals surface area contributed by atoms with E-state index in [1.165, 1.54) is 0 Å². The lowest BCUT2D eigenvalue weighted by Gasteiger charge is -2.13. The van der Waals surface area contributed by atoms with Gasteiger partial charge in [-0.3, -0.25) is 4.79 Å².